The van der Waals surface area contributed by atoms with Gasteiger partial charge < -0.3 is 4.55 Å². The van der Waals surface area contributed by atoms with E-state index in [-0.39, 0.29) is 5.25 Å². The first-order valence-electron chi connectivity index (χ1n) is 2.26. The van der Waals surface area contributed by atoms with Gasteiger partial charge in [0.15, 0.2) is 0 Å². The van der Waals surface area contributed by atoms with Crippen LogP contribution in [-0.4, -0.2) is 14.0 Å². The highest BCUT2D eigenvalue weighted by molar-refractivity contribution is 7.79. The van der Waals surface area contributed by atoms with Crippen molar-refractivity contribution in [1.29, 1.82) is 0 Å². The molecule has 0 aromatic rings. The minimum atomic E-state index is -1.86. The van der Waals surface area contributed by atoms with Crippen LogP contribution in [0.15, 0.2) is 0 Å². The van der Waals surface area contributed by atoms with Crippen LogP contribution in [-0.2, 0) is 11.1 Å². The van der Waals surface area contributed by atoms with E-state index in [0.29, 0.717) is 6.42 Å². The largest absolute Gasteiger partial charge is 0.772 e. The number of hydrogen-bond acceptors (Lipinski definition) is 2. The maximum absolute atomic E-state index is 9.93. The van der Waals surface area contributed by atoms with E-state index in [1.165, 1.54) is 0 Å². The molecule has 0 heterocycles. The Morgan fingerprint density at radius 2 is 2.29 bits per heavy atom. The molecule has 0 saturated heterocycles. The van der Waals surface area contributed by atoms with Gasteiger partial charge in [0.2, 0.25) is 0 Å². The zero-order valence-corrected chi connectivity index (χ0v) is 5.33. The van der Waals surface area contributed by atoms with Crippen molar-refractivity contribution in [3.05, 3.63) is 0 Å². The minimum absolute atomic E-state index is 0.181. The average molecular weight is 121 g/mol. The van der Waals surface area contributed by atoms with Gasteiger partial charge in [-0.2, -0.15) is 0 Å². The zero-order chi connectivity index (χ0) is 5.86. The fourth-order valence-corrected chi connectivity index (χ4v) is 0.408. The second-order valence-electron chi connectivity index (χ2n) is 1.48. The van der Waals surface area contributed by atoms with Crippen molar-refractivity contribution in [2.75, 3.05) is 0 Å². The summed E-state index contributed by atoms with van der Waals surface area (Å²) in [7, 11) is 0. The van der Waals surface area contributed by atoms with Crippen LogP contribution in [0.25, 0.3) is 0 Å². The van der Waals surface area contributed by atoms with Crippen LogP contribution < -0.4 is 0 Å². The molecular formula is C4H9O2S-. The van der Waals surface area contributed by atoms with Gasteiger partial charge >= 0.3 is 0 Å². The second-order valence-corrected chi connectivity index (χ2v) is 2.81. The summed E-state index contributed by atoms with van der Waals surface area (Å²) < 4.78 is 19.9. The SMILES string of the molecule is CCC(C)S(=O)[O-]. The predicted octanol–water partition coefficient (Wildman–Crippen LogP) is 0.664. The van der Waals surface area contributed by atoms with Gasteiger partial charge in [-0.15, -0.1) is 0 Å². The molecule has 3 heteroatoms. The molecule has 2 nitrogen and oxygen atoms in total. The van der Waals surface area contributed by atoms with Gasteiger partial charge in [-0.25, -0.2) is 0 Å². The summed E-state index contributed by atoms with van der Waals surface area (Å²) >= 11 is -1.86. The molecule has 0 rings (SSSR count). The highest BCUT2D eigenvalue weighted by atomic mass is 32.2. The Labute approximate surface area is 46.2 Å². The molecule has 0 bridgehead atoms. The summed E-state index contributed by atoms with van der Waals surface area (Å²) in [6, 6.07) is 0. The van der Waals surface area contributed by atoms with Crippen molar-refractivity contribution in [3.63, 3.8) is 0 Å². The van der Waals surface area contributed by atoms with Crippen LogP contribution in [0.2, 0.25) is 0 Å². The summed E-state index contributed by atoms with van der Waals surface area (Å²) in [5, 5.41) is -0.181. The summed E-state index contributed by atoms with van der Waals surface area (Å²) in [5.41, 5.74) is 0. The maximum Gasteiger partial charge on any atom is 0.0184 e. The molecule has 0 amide bonds. The van der Waals surface area contributed by atoms with Crippen LogP contribution in [0.1, 0.15) is 20.3 Å². The molecule has 0 N–H and O–H groups in total. The lowest BCUT2D eigenvalue weighted by Gasteiger charge is -2.10. The van der Waals surface area contributed by atoms with Crippen molar-refractivity contribution in [1.82, 2.24) is 0 Å². The lowest BCUT2D eigenvalue weighted by Crippen LogP contribution is -2.06. The van der Waals surface area contributed by atoms with Gasteiger partial charge in [0, 0.05) is 5.25 Å². The Hall–Kier alpha value is 0.110. The van der Waals surface area contributed by atoms with Crippen molar-refractivity contribution in [2.45, 2.75) is 25.5 Å². The van der Waals surface area contributed by atoms with E-state index in [4.69, 9.17) is 0 Å². The zero-order valence-electron chi connectivity index (χ0n) is 4.51. The fraction of sp³-hybridized carbons (Fsp3) is 1.00. The average Bonchev–Trinajstić information content (AvgIpc) is 1.65. The van der Waals surface area contributed by atoms with Gasteiger partial charge in [-0.1, -0.05) is 24.9 Å². The number of hydrogen-bond donors (Lipinski definition) is 0. The van der Waals surface area contributed by atoms with Crippen molar-refractivity contribution in [2.24, 2.45) is 0 Å². The highest BCUT2D eigenvalue weighted by Gasteiger charge is 1.93. The molecule has 2 atom stereocenters. The van der Waals surface area contributed by atoms with Crippen LogP contribution in [0, 0.1) is 0 Å². The first kappa shape index (κ1) is 7.11. The number of rotatable bonds is 2. The third-order valence-electron chi connectivity index (χ3n) is 0.903. The van der Waals surface area contributed by atoms with E-state index in [0.717, 1.165) is 0 Å². The van der Waals surface area contributed by atoms with Crippen LogP contribution in [0.4, 0.5) is 0 Å². The molecule has 0 fully saturated rings. The Kier molecular flexibility index (Phi) is 3.21. The van der Waals surface area contributed by atoms with Gasteiger partial charge in [0.1, 0.15) is 0 Å². The molecule has 0 aliphatic carbocycles. The Morgan fingerprint density at radius 1 is 1.86 bits per heavy atom. The van der Waals surface area contributed by atoms with Crippen LogP contribution in [0.5, 0.6) is 0 Å². The monoisotopic (exact) mass is 121 g/mol. The van der Waals surface area contributed by atoms with E-state index < -0.39 is 11.1 Å². The van der Waals surface area contributed by atoms with Crippen molar-refractivity contribution < 1.29 is 8.76 Å². The lowest BCUT2D eigenvalue weighted by molar-refractivity contribution is 0.523. The normalized spacial score (nSPS) is 18.7. The molecular weight excluding hydrogens is 112 g/mol. The van der Waals surface area contributed by atoms with Crippen LogP contribution in [0.3, 0.4) is 0 Å². The van der Waals surface area contributed by atoms with E-state index in [9.17, 15) is 8.76 Å². The first-order valence-corrected chi connectivity index (χ1v) is 3.40. The molecule has 0 aliphatic rings. The summed E-state index contributed by atoms with van der Waals surface area (Å²) in [6.45, 7) is 3.53. The fourth-order valence-electron chi connectivity index (χ4n) is 0.136. The topological polar surface area (TPSA) is 40.1 Å². The Bertz CT molecular complexity index is 72.1. The van der Waals surface area contributed by atoms with E-state index in [1.54, 1.807) is 6.92 Å². The smallest absolute Gasteiger partial charge is 0.0184 e. The predicted molar refractivity (Wildman–Crippen MR) is 28.7 cm³/mol. The molecule has 0 aliphatic heterocycles. The molecule has 7 heavy (non-hydrogen) atoms. The summed E-state index contributed by atoms with van der Waals surface area (Å²) in [5.74, 6) is 0. The molecule has 0 aromatic heterocycles. The Balaban J connectivity index is 3.34. The minimum Gasteiger partial charge on any atom is -0.772 e. The second kappa shape index (κ2) is 3.16. The van der Waals surface area contributed by atoms with Crippen molar-refractivity contribution >= 4 is 11.1 Å². The molecule has 2 unspecified atom stereocenters. The third-order valence-corrected chi connectivity index (χ3v) is 1.89. The lowest BCUT2D eigenvalue weighted by atomic mass is 10.4. The van der Waals surface area contributed by atoms with E-state index in [2.05, 4.69) is 0 Å². The van der Waals surface area contributed by atoms with Crippen LogP contribution >= 0.6 is 0 Å². The molecule has 44 valence electrons. The summed E-state index contributed by atoms with van der Waals surface area (Å²) in [6.07, 6.45) is 0.704. The van der Waals surface area contributed by atoms with E-state index in [1.807, 2.05) is 6.92 Å². The van der Waals surface area contributed by atoms with Gasteiger partial charge in [-0.3, -0.25) is 4.21 Å². The molecule has 0 spiro atoms. The molecule has 0 saturated carbocycles. The van der Waals surface area contributed by atoms with E-state index >= 15 is 0 Å². The van der Waals surface area contributed by atoms with Crippen molar-refractivity contribution in [3.8, 4) is 0 Å². The standard InChI is InChI=1S/C4H10O2S/c1-3-4(2)7(5)6/h4H,3H2,1-2H3,(H,5,6)/p-1. The quantitative estimate of drug-likeness (QED) is 0.503. The molecule has 0 radical (unpaired) electrons. The highest BCUT2D eigenvalue weighted by Crippen LogP contribution is 1.94. The van der Waals surface area contributed by atoms with Gasteiger partial charge in [0.05, 0.1) is 0 Å². The first-order chi connectivity index (χ1) is 3.18. The third kappa shape index (κ3) is 2.76. The summed E-state index contributed by atoms with van der Waals surface area (Å²) in [4.78, 5) is 0. The Morgan fingerprint density at radius 3 is 2.29 bits per heavy atom. The molecule has 0 aromatic carbocycles. The van der Waals surface area contributed by atoms with Gasteiger partial charge in [-0.05, 0) is 6.42 Å². The van der Waals surface area contributed by atoms with Gasteiger partial charge in [0.25, 0.3) is 0 Å². The maximum atomic E-state index is 9.93.